The summed E-state index contributed by atoms with van der Waals surface area (Å²) in [5.41, 5.74) is 28.9. The predicted molar refractivity (Wildman–Crippen MR) is 507 cm³/mol. The molecule has 0 saturated carbocycles. The first-order valence-corrected chi connectivity index (χ1v) is 41.1. The topological polar surface area (TPSA) is 16.3 Å². The Hall–Kier alpha value is -15.6. The Bertz CT molecular complexity index is 7660. The van der Waals surface area contributed by atoms with Crippen LogP contribution in [0.2, 0.25) is 0 Å². The quantitative estimate of drug-likeness (QED) is 0.101. The van der Waals surface area contributed by atoms with Crippen LogP contribution in [0.1, 0.15) is 5.56 Å². The van der Waals surface area contributed by atoms with Crippen LogP contribution in [0.25, 0.3) is 186 Å². The molecule has 2 heterocycles. The van der Waals surface area contributed by atoms with E-state index in [0.717, 1.165) is 78.7 Å². The van der Waals surface area contributed by atoms with Gasteiger partial charge in [-0.05, 0) is 284 Å². The van der Waals surface area contributed by atoms with Gasteiger partial charge in [-0.25, -0.2) is 0 Å². The van der Waals surface area contributed by atoms with Gasteiger partial charge in [-0.2, -0.15) is 0 Å². The lowest BCUT2D eigenvalue weighted by Crippen LogP contribution is -2.10. The standard InChI is InChI=1S/C115H76N4/c1-75-44-65-104-109(70-75)115(81-47-55-89(56-48-81)117(87-32-6-3-7-33-87)91-59-63-93(64-60-91)119-112-68-51-84(100-42-20-28-78-24-10-14-36-96(78)100)73-107(112)108-74-85(52-69-113(108)119)101-43-21-29-79-25-11-15-37-97(79)101)103-39-17-16-38-102(103)114(104)80-45-53-88(54-46-80)116(86-30-4-2-5-31-86)90-57-61-92(62-58-90)118-110-66-49-82(98-40-18-26-76-22-8-12-34-94(76)98)71-105(110)106-72-83(50-67-111(106)118)99-41-19-27-77-23-9-13-35-95(77)99/h2-74H,1H3. The second-order valence-corrected chi connectivity index (χ2v) is 31.5. The van der Waals surface area contributed by atoms with Crippen molar-refractivity contribution in [3.05, 3.63) is 448 Å². The second kappa shape index (κ2) is 28.4. The average molecular weight is 1510 g/mol. The van der Waals surface area contributed by atoms with Crippen molar-refractivity contribution in [2.24, 2.45) is 0 Å². The number of hydrogen-bond acceptors (Lipinski definition) is 2. The Morgan fingerprint density at radius 3 is 0.748 bits per heavy atom. The second-order valence-electron chi connectivity index (χ2n) is 31.5. The molecule has 0 fully saturated rings. The molecule has 0 saturated heterocycles. The van der Waals surface area contributed by atoms with Crippen molar-refractivity contribution < 1.29 is 0 Å². The summed E-state index contributed by atoms with van der Waals surface area (Å²) < 4.78 is 4.90. The highest BCUT2D eigenvalue weighted by Gasteiger charge is 2.24. The van der Waals surface area contributed by atoms with Gasteiger partial charge < -0.3 is 18.9 Å². The highest BCUT2D eigenvalue weighted by atomic mass is 15.1. The third kappa shape index (κ3) is 11.7. The van der Waals surface area contributed by atoms with Gasteiger partial charge in [-0.15, -0.1) is 0 Å². The van der Waals surface area contributed by atoms with Crippen molar-refractivity contribution in [3.63, 3.8) is 0 Å². The molecule has 4 heteroatoms. The molecular formula is C115H76N4. The first-order valence-electron chi connectivity index (χ1n) is 41.1. The summed E-state index contributed by atoms with van der Waals surface area (Å²) in [7, 11) is 0. The molecule has 0 atom stereocenters. The largest absolute Gasteiger partial charge is 0.311 e. The summed E-state index contributed by atoms with van der Waals surface area (Å²) in [4.78, 5) is 4.76. The Morgan fingerprint density at radius 1 is 0.168 bits per heavy atom. The Labute approximate surface area is 690 Å². The molecule has 21 aromatic carbocycles. The van der Waals surface area contributed by atoms with E-state index in [1.54, 1.807) is 0 Å². The van der Waals surface area contributed by atoms with Crippen molar-refractivity contribution in [1.82, 2.24) is 9.13 Å². The van der Waals surface area contributed by atoms with E-state index in [4.69, 9.17) is 0 Å². The van der Waals surface area contributed by atoms with Crippen LogP contribution in [-0.2, 0) is 0 Å². The Morgan fingerprint density at radius 2 is 0.420 bits per heavy atom. The average Bonchev–Trinajstić information content (AvgIpc) is 1.46. The van der Waals surface area contributed by atoms with Gasteiger partial charge >= 0.3 is 0 Å². The lowest BCUT2D eigenvalue weighted by molar-refractivity contribution is 1.17. The third-order valence-electron chi connectivity index (χ3n) is 24.7. The molecule has 0 N–H and O–H groups in total. The van der Waals surface area contributed by atoms with Crippen LogP contribution >= 0.6 is 0 Å². The minimum Gasteiger partial charge on any atom is -0.311 e. The normalized spacial score (nSPS) is 11.7. The summed E-state index contributed by atoms with van der Waals surface area (Å²) in [5.74, 6) is 0. The zero-order valence-electron chi connectivity index (χ0n) is 65.4. The molecule has 0 spiro atoms. The van der Waals surface area contributed by atoms with E-state index in [9.17, 15) is 0 Å². The van der Waals surface area contributed by atoms with Crippen LogP contribution in [0.5, 0.6) is 0 Å². The molecule has 0 radical (unpaired) electrons. The lowest BCUT2D eigenvalue weighted by atomic mass is 9.85. The molecule has 0 bridgehead atoms. The van der Waals surface area contributed by atoms with Crippen LogP contribution in [0, 0.1) is 6.92 Å². The highest BCUT2D eigenvalue weighted by Crippen LogP contribution is 2.49. The number of rotatable bonds is 14. The fourth-order valence-electron chi connectivity index (χ4n) is 19.2. The molecule has 0 amide bonds. The van der Waals surface area contributed by atoms with E-state index in [-0.39, 0.29) is 0 Å². The number of benzene rings is 21. The monoisotopic (exact) mass is 1510 g/mol. The van der Waals surface area contributed by atoms with E-state index < -0.39 is 0 Å². The molecule has 0 aliphatic carbocycles. The van der Waals surface area contributed by atoms with Crippen molar-refractivity contribution in [2.75, 3.05) is 9.80 Å². The minimum atomic E-state index is 1.06. The molecular weight excluding hydrogens is 1440 g/mol. The number of hydrogen-bond donors (Lipinski definition) is 0. The Balaban J connectivity index is 0.587. The van der Waals surface area contributed by atoms with Crippen molar-refractivity contribution in [2.45, 2.75) is 6.92 Å². The fraction of sp³-hybridized carbons (Fsp3) is 0.00870. The molecule has 0 unspecified atom stereocenters. The third-order valence-corrected chi connectivity index (χ3v) is 24.7. The van der Waals surface area contributed by atoms with Crippen LogP contribution in [0.15, 0.2) is 443 Å². The summed E-state index contributed by atoms with van der Waals surface area (Å²) in [6.45, 7) is 2.21. The minimum absolute atomic E-state index is 1.06. The van der Waals surface area contributed by atoms with Crippen LogP contribution in [-0.4, -0.2) is 9.13 Å². The number of aryl methyl sites for hydroxylation is 1. The summed E-state index contributed by atoms with van der Waals surface area (Å²) in [6, 6.07) is 164. The molecule has 119 heavy (non-hydrogen) atoms. The van der Waals surface area contributed by atoms with E-state index in [0.29, 0.717) is 0 Å². The van der Waals surface area contributed by atoms with Crippen LogP contribution in [0.4, 0.5) is 34.1 Å². The van der Waals surface area contributed by atoms with E-state index in [1.165, 1.54) is 147 Å². The molecule has 0 aliphatic heterocycles. The van der Waals surface area contributed by atoms with Crippen molar-refractivity contribution >= 4 is 142 Å². The van der Waals surface area contributed by atoms with Gasteiger partial charge in [0.05, 0.1) is 22.1 Å². The smallest absolute Gasteiger partial charge is 0.0541 e. The van der Waals surface area contributed by atoms with Gasteiger partial charge in [0.25, 0.3) is 0 Å². The Kier molecular flexibility index (Phi) is 16.5. The van der Waals surface area contributed by atoms with E-state index in [1.807, 2.05) is 0 Å². The number of nitrogens with zero attached hydrogens (tertiary/aromatic N) is 4. The van der Waals surface area contributed by atoms with E-state index >= 15 is 0 Å². The first-order chi connectivity index (χ1) is 58.9. The van der Waals surface area contributed by atoms with Crippen molar-refractivity contribution in [1.29, 1.82) is 0 Å². The van der Waals surface area contributed by atoms with Gasteiger partial charge in [0.15, 0.2) is 0 Å². The number of anilines is 6. The molecule has 23 aromatic rings. The maximum absolute atomic E-state index is 2.45. The summed E-state index contributed by atoms with van der Waals surface area (Å²) in [6.07, 6.45) is 0. The summed E-state index contributed by atoms with van der Waals surface area (Å²) >= 11 is 0. The molecule has 0 aliphatic rings. The van der Waals surface area contributed by atoms with Gasteiger partial charge in [0.2, 0.25) is 0 Å². The molecule has 2 aromatic heterocycles. The predicted octanol–water partition coefficient (Wildman–Crippen LogP) is 32.1. The fourth-order valence-corrected chi connectivity index (χ4v) is 19.2. The zero-order valence-corrected chi connectivity index (χ0v) is 65.4. The van der Waals surface area contributed by atoms with Gasteiger partial charge in [-0.1, -0.05) is 303 Å². The molecule has 23 rings (SSSR count). The zero-order chi connectivity index (χ0) is 78.6. The lowest BCUT2D eigenvalue weighted by Gasteiger charge is -2.26. The van der Waals surface area contributed by atoms with Gasteiger partial charge in [-0.3, -0.25) is 0 Å². The molecule has 4 nitrogen and oxygen atoms in total. The number of fused-ring (bicyclic) bond motifs is 12. The maximum Gasteiger partial charge on any atom is 0.0541 e. The molecule has 556 valence electrons. The maximum atomic E-state index is 2.45. The highest BCUT2D eigenvalue weighted by molar-refractivity contribution is 6.22. The van der Waals surface area contributed by atoms with Crippen LogP contribution < -0.4 is 9.80 Å². The number of para-hydroxylation sites is 2. The number of aromatic nitrogens is 2. The van der Waals surface area contributed by atoms with Crippen molar-refractivity contribution in [3.8, 4) is 78.1 Å². The first kappa shape index (κ1) is 68.9. The summed E-state index contributed by atoms with van der Waals surface area (Å²) in [5, 5.41) is 19.6. The van der Waals surface area contributed by atoms with Gasteiger partial charge in [0, 0.05) is 67.0 Å². The SMILES string of the molecule is Cc1ccc2c(-c3ccc(N(c4ccccc4)c4ccc(-n5c6ccc(-c7cccc8ccccc78)cc6c6cc(-c7cccc8ccccc78)ccc65)cc4)cc3)c3ccccc3c(-c3ccc(N(c4ccccc4)c4ccc(-n5c6ccc(-c7cccc8ccccc78)cc6c6cc(-c7cccc8ccccc78)ccc65)cc4)cc3)c2c1. The van der Waals surface area contributed by atoms with Crippen LogP contribution in [0.3, 0.4) is 0 Å². The van der Waals surface area contributed by atoms with E-state index in [2.05, 4.69) is 469 Å². The van der Waals surface area contributed by atoms with Gasteiger partial charge in [0.1, 0.15) is 0 Å².